The Kier molecular flexibility index (Phi) is 6.22. The standard InChI is InChI=1S/C18H19N3O4/c1-13-7-8-15(12-16(13)21(24)25)20-17(22)9-10-19-18(23)11-14-5-3-2-4-6-14/h2-8,12H,9-11H2,1H3,(H,19,23)(H,20,22). The summed E-state index contributed by atoms with van der Waals surface area (Å²) in [6, 6.07) is 13.8. The molecule has 0 unspecified atom stereocenters. The predicted octanol–water partition coefficient (Wildman–Crippen LogP) is 2.59. The van der Waals surface area contributed by atoms with E-state index in [1.807, 2.05) is 30.3 Å². The van der Waals surface area contributed by atoms with Gasteiger partial charge in [0.15, 0.2) is 0 Å². The monoisotopic (exact) mass is 341 g/mol. The molecule has 25 heavy (non-hydrogen) atoms. The SMILES string of the molecule is Cc1ccc(NC(=O)CCNC(=O)Cc2ccccc2)cc1[N+](=O)[O-]. The van der Waals surface area contributed by atoms with Crippen LogP contribution in [-0.4, -0.2) is 23.3 Å². The average molecular weight is 341 g/mol. The molecule has 130 valence electrons. The number of anilines is 1. The van der Waals surface area contributed by atoms with Crippen molar-refractivity contribution in [2.75, 3.05) is 11.9 Å². The third kappa shape index (κ3) is 5.72. The lowest BCUT2D eigenvalue weighted by molar-refractivity contribution is -0.385. The van der Waals surface area contributed by atoms with Crippen molar-refractivity contribution in [2.45, 2.75) is 19.8 Å². The first kappa shape index (κ1) is 18.1. The second-order valence-corrected chi connectivity index (χ2v) is 5.57. The molecular weight excluding hydrogens is 322 g/mol. The van der Waals surface area contributed by atoms with Crippen LogP contribution in [0.2, 0.25) is 0 Å². The van der Waals surface area contributed by atoms with Crippen LogP contribution >= 0.6 is 0 Å². The Hall–Kier alpha value is -3.22. The zero-order valence-electron chi connectivity index (χ0n) is 13.8. The predicted molar refractivity (Wildman–Crippen MR) is 94.2 cm³/mol. The van der Waals surface area contributed by atoms with E-state index in [0.29, 0.717) is 11.3 Å². The van der Waals surface area contributed by atoms with Gasteiger partial charge in [0.05, 0.1) is 11.3 Å². The second-order valence-electron chi connectivity index (χ2n) is 5.57. The maximum Gasteiger partial charge on any atom is 0.274 e. The maximum atomic E-state index is 11.9. The second kappa shape index (κ2) is 8.58. The van der Waals surface area contributed by atoms with Crippen LogP contribution in [-0.2, 0) is 16.0 Å². The smallest absolute Gasteiger partial charge is 0.274 e. The minimum absolute atomic E-state index is 0.0473. The lowest BCUT2D eigenvalue weighted by Crippen LogP contribution is -2.28. The van der Waals surface area contributed by atoms with E-state index in [1.165, 1.54) is 6.07 Å². The number of hydrogen-bond donors (Lipinski definition) is 2. The van der Waals surface area contributed by atoms with Crippen LogP contribution in [0.25, 0.3) is 0 Å². The van der Waals surface area contributed by atoms with Crippen LogP contribution in [0.1, 0.15) is 17.5 Å². The molecule has 0 fully saturated rings. The number of carbonyl (C=O) groups is 2. The van der Waals surface area contributed by atoms with Crippen molar-refractivity contribution < 1.29 is 14.5 Å². The van der Waals surface area contributed by atoms with Crippen molar-refractivity contribution in [3.05, 3.63) is 69.8 Å². The Morgan fingerprint density at radius 2 is 1.80 bits per heavy atom. The van der Waals surface area contributed by atoms with Crippen molar-refractivity contribution in [3.8, 4) is 0 Å². The number of nitro groups is 1. The third-order valence-electron chi connectivity index (χ3n) is 3.57. The Bertz CT molecular complexity index is 775. The van der Waals surface area contributed by atoms with E-state index < -0.39 is 4.92 Å². The van der Waals surface area contributed by atoms with E-state index >= 15 is 0 Å². The largest absolute Gasteiger partial charge is 0.355 e. The summed E-state index contributed by atoms with van der Waals surface area (Å²) in [5.41, 5.74) is 1.74. The normalized spacial score (nSPS) is 10.1. The summed E-state index contributed by atoms with van der Waals surface area (Å²) in [5, 5.41) is 16.2. The van der Waals surface area contributed by atoms with Gasteiger partial charge < -0.3 is 10.6 Å². The first-order valence-electron chi connectivity index (χ1n) is 7.81. The van der Waals surface area contributed by atoms with E-state index in [2.05, 4.69) is 10.6 Å². The fourth-order valence-corrected chi connectivity index (χ4v) is 2.27. The molecule has 7 nitrogen and oxygen atoms in total. The van der Waals surface area contributed by atoms with Gasteiger partial charge in [-0.3, -0.25) is 19.7 Å². The van der Waals surface area contributed by atoms with E-state index in [0.717, 1.165) is 5.56 Å². The molecule has 0 saturated heterocycles. The van der Waals surface area contributed by atoms with Gasteiger partial charge in [0, 0.05) is 30.3 Å². The van der Waals surface area contributed by atoms with Crippen LogP contribution in [0, 0.1) is 17.0 Å². The number of rotatable bonds is 7. The number of hydrogen-bond acceptors (Lipinski definition) is 4. The molecule has 0 radical (unpaired) electrons. The Balaban J connectivity index is 1.78. The first-order chi connectivity index (χ1) is 12.0. The molecule has 0 aliphatic rings. The molecule has 0 aliphatic carbocycles. The summed E-state index contributed by atoms with van der Waals surface area (Å²) < 4.78 is 0. The molecule has 2 rings (SSSR count). The summed E-state index contributed by atoms with van der Waals surface area (Å²) in [6.07, 6.45) is 0.342. The number of carbonyl (C=O) groups excluding carboxylic acids is 2. The molecule has 0 bridgehead atoms. The van der Waals surface area contributed by atoms with Gasteiger partial charge in [-0.25, -0.2) is 0 Å². The Labute approximate surface area is 145 Å². The lowest BCUT2D eigenvalue weighted by Gasteiger charge is -2.07. The Morgan fingerprint density at radius 1 is 1.08 bits per heavy atom. The van der Waals surface area contributed by atoms with Gasteiger partial charge in [0.25, 0.3) is 5.69 Å². The summed E-state index contributed by atoms with van der Waals surface area (Å²) in [6.45, 7) is 1.83. The van der Waals surface area contributed by atoms with Gasteiger partial charge in [0.1, 0.15) is 0 Å². The third-order valence-corrected chi connectivity index (χ3v) is 3.57. The van der Waals surface area contributed by atoms with Gasteiger partial charge in [-0.15, -0.1) is 0 Å². The van der Waals surface area contributed by atoms with Gasteiger partial charge >= 0.3 is 0 Å². The van der Waals surface area contributed by atoms with Crippen LogP contribution < -0.4 is 10.6 Å². The minimum Gasteiger partial charge on any atom is -0.355 e. The van der Waals surface area contributed by atoms with Gasteiger partial charge in [-0.05, 0) is 18.6 Å². The number of amides is 2. The number of nitro benzene ring substituents is 1. The van der Waals surface area contributed by atoms with Crippen LogP contribution in [0.15, 0.2) is 48.5 Å². The van der Waals surface area contributed by atoms with Crippen molar-refractivity contribution in [2.24, 2.45) is 0 Å². The molecule has 0 aliphatic heterocycles. The quantitative estimate of drug-likeness (QED) is 0.597. The van der Waals surface area contributed by atoms with Crippen molar-refractivity contribution in [3.63, 3.8) is 0 Å². The van der Waals surface area contributed by atoms with Gasteiger partial charge in [-0.2, -0.15) is 0 Å². The summed E-state index contributed by atoms with van der Waals surface area (Å²) >= 11 is 0. The van der Waals surface area contributed by atoms with E-state index in [9.17, 15) is 19.7 Å². The van der Waals surface area contributed by atoms with Crippen LogP contribution in [0.5, 0.6) is 0 Å². The summed E-state index contributed by atoms with van der Waals surface area (Å²) in [4.78, 5) is 34.1. The average Bonchev–Trinajstić information content (AvgIpc) is 2.57. The topological polar surface area (TPSA) is 101 Å². The first-order valence-corrected chi connectivity index (χ1v) is 7.81. The van der Waals surface area contributed by atoms with Crippen LogP contribution in [0.4, 0.5) is 11.4 Å². The highest BCUT2D eigenvalue weighted by Crippen LogP contribution is 2.22. The van der Waals surface area contributed by atoms with E-state index in [4.69, 9.17) is 0 Å². The fraction of sp³-hybridized carbons (Fsp3) is 0.222. The van der Waals surface area contributed by atoms with Crippen molar-refractivity contribution >= 4 is 23.2 Å². The lowest BCUT2D eigenvalue weighted by atomic mass is 10.1. The van der Waals surface area contributed by atoms with E-state index in [-0.39, 0.29) is 36.9 Å². The maximum absolute atomic E-state index is 11.9. The zero-order chi connectivity index (χ0) is 18.2. The zero-order valence-corrected chi connectivity index (χ0v) is 13.8. The molecule has 2 aromatic rings. The fourth-order valence-electron chi connectivity index (χ4n) is 2.27. The highest BCUT2D eigenvalue weighted by Gasteiger charge is 2.12. The number of aryl methyl sites for hydroxylation is 1. The molecule has 0 spiro atoms. The Morgan fingerprint density at radius 3 is 2.48 bits per heavy atom. The molecule has 0 aromatic heterocycles. The molecule has 0 atom stereocenters. The number of nitrogens with one attached hydrogen (secondary N) is 2. The summed E-state index contributed by atoms with van der Waals surface area (Å²) in [7, 11) is 0. The molecule has 0 saturated carbocycles. The minimum atomic E-state index is -0.491. The molecule has 7 heteroatoms. The molecule has 2 aromatic carbocycles. The molecule has 2 amide bonds. The molecular formula is C18H19N3O4. The molecule has 0 heterocycles. The highest BCUT2D eigenvalue weighted by atomic mass is 16.6. The van der Waals surface area contributed by atoms with Crippen LogP contribution in [0.3, 0.4) is 0 Å². The van der Waals surface area contributed by atoms with E-state index in [1.54, 1.807) is 19.1 Å². The van der Waals surface area contributed by atoms with Gasteiger partial charge in [-0.1, -0.05) is 36.4 Å². The van der Waals surface area contributed by atoms with Gasteiger partial charge in [0.2, 0.25) is 11.8 Å². The molecule has 2 N–H and O–H groups in total. The number of nitrogens with zero attached hydrogens (tertiary/aromatic N) is 1. The van der Waals surface area contributed by atoms with Crippen molar-refractivity contribution in [1.82, 2.24) is 5.32 Å². The highest BCUT2D eigenvalue weighted by molar-refractivity contribution is 5.91. The van der Waals surface area contributed by atoms with Crippen molar-refractivity contribution in [1.29, 1.82) is 0 Å². The summed E-state index contributed by atoms with van der Waals surface area (Å²) in [5.74, 6) is -0.483. The number of benzene rings is 2.